The predicted molar refractivity (Wildman–Crippen MR) is 116 cm³/mol. The van der Waals surface area contributed by atoms with E-state index in [1.54, 1.807) is 30.5 Å². The van der Waals surface area contributed by atoms with Crippen molar-refractivity contribution in [3.8, 4) is 17.3 Å². The first-order valence-electron chi connectivity index (χ1n) is 8.96. The second-order valence-corrected chi connectivity index (χ2v) is 9.36. The number of hydrogen-bond donors (Lipinski definition) is 0. The zero-order valence-corrected chi connectivity index (χ0v) is 18.1. The summed E-state index contributed by atoms with van der Waals surface area (Å²) in [4.78, 5) is 13.2. The summed E-state index contributed by atoms with van der Waals surface area (Å²) in [6.07, 6.45) is 6.39. The maximum Gasteiger partial charge on any atom is 0.269 e. The zero-order chi connectivity index (χ0) is 21.5. The lowest BCUT2D eigenvalue weighted by Gasteiger charge is -2.07. The average molecular weight is 436 g/mol. The number of benzene rings is 1. The quantitative estimate of drug-likeness (QED) is 0.353. The highest BCUT2D eigenvalue weighted by Gasteiger charge is 2.24. The molecule has 0 aliphatic carbocycles. The second-order valence-electron chi connectivity index (χ2n) is 6.77. The summed E-state index contributed by atoms with van der Waals surface area (Å²) >= 11 is 1.34. The molecule has 0 aliphatic heterocycles. The minimum absolute atomic E-state index is 0.159. The molecule has 30 heavy (non-hydrogen) atoms. The summed E-state index contributed by atoms with van der Waals surface area (Å²) in [5, 5.41) is 10.7. The van der Waals surface area contributed by atoms with Gasteiger partial charge in [0, 0.05) is 29.5 Å². The Morgan fingerprint density at radius 1 is 1.07 bits per heavy atom. The van der Waals surface area contributed by atoms with Crippen LogP contribution in [0.1, 0.15) is 16.7 Å². The fourth-order valence-electron chi connectivity index (χ4n) is 3.13. The summed E-state index contributed by atoms with van der Waals surface area (Å²) in [6.45, 7) is 3.77. The molecular weight excluding hydrogens is 418 g/mol. The molecule has 0 amide bonds. The minimum Gasteiger partial charge on any atom is -0.237 e. The molecule has 0 unspecified atom stereocenters. The highest BCUT2D eigenvalue weighted by molar-refractivity contribution is 7.98. The molecule has 4 aromatic rings. The van der Waals surface area contributed by atoms with Gasteiger partial charge in [-0.15, -0.1) is 0 Å². The van der Waals surface area contributed by atoms with Crippen molar-refractivity contribution in [2.75, 3.05) is 6.26 Å². The van der Waals surface area contributed by atoms with Gasteiger partial charge < -0.3 is 0 Å². The van der Waals surface area contributed by atoms with Crippen LogP contribution in [0.4, 0.5) is 0 Å². The average Bonchev–Trinajstić information content (AvgIpc) is 3.12. The standard InChI is InChI=1S/C21H17N5O2S2/c1-13-4-6-16(7-5-13)30(27,28)26-12-18(17-8-14(2)10-23-20(17)26)19-15(9-22)11-24-21(25-19)29-3/h4-8,10-12H,1-3H3. The maximum absolute atomic E-state index is 13.4. The molecule has 7 nitrogen and oxygen atoms in total. The van der Waals surface area contributed by atoms with Gasteiger partial charge in [0.15, 0.2) is 10.8 Å². The van der Waals surface area contributed by atoms with Crippen LogP contribution < -0.4 is 0 Å². The molecule has 1 aromatic carbocycles. The molecule has 0 N–H and O–H groups in total. The third-order valence-electron chi connectivity index (χ3n) is 4.65. The first kappa shape index (κ1) is 20.1. The molecule has 0 saturated carbocycles. The lowest BCUT2D eigenvalue weighted by molar-refractivity contribution is 0.589. The maximum atomic E-state index is 13.4. The molecule has 0 aliphatic rings. The van der Waals surface area contributed by atoms with E-state index in [0.29, 0.717) is 21.8 Å². The Balaban J connectivity index is 2.04. The fourth-order valence-corrected chi connectivity index (χ4v) is 4.80. The third kappa shape index (κ3) is 3.34. The van der Waals surface area contributed by atoms with Crippen molar-refractivity contribution in [1.82, 2.24) is 18.9 Å². The van der Waals surface area contributed by atoms with Gasteiger partial charge in [-0.2, -0.15) is 5.26 Å². The van der Waals surface area contributed by atoms with Gasteiger partial charge >= 0.3 is 0 Å². The first-order valence-corrected chi connectivity index (χ1v) is 11.6. The molecule has 4 rings (SSSR count). The van der Waals surface area contributed by atoms with E-state index in [9.17, 15) is 13.7 Å². The number of fused-ring (bicyclic) bond motifs is 1. The highest BCUT2D eigenvalue weighted by Crippen LogP contribution is 2.33. The predicted octanol–water partition coefficient (Wildman–Crippen LogP) is 3.94. The van der Waals surface area contributed by atoms with E-state index in [0.717, 1.165) is 15.1 Å². The molecule has 150 valence electrons. The monoisotopic (exact) mass is 435 g/mol. The second kappa shape index (κ2) is 7.55. The summed E-state index contributed by atoms with van der Waals surface area (Å²) in [5.74, 6) is 0. The Hall–Kier alpha value is -3.22. The van der Waals surface area contributed by atoms with E-state index in [4.69, 9.17) is 0 Å². The van der Waals surface area contributed by atoms with Crippen molar-refractivity contribution >= 4 is 32.8 Å². The van der Waals surface area contributed by atoms with Crippen LogP contribution in [0.25, 0.3) is 22.3 Å². The van der Waals surface area contributed by atoms with Crippen LogP contribution in [0, 0.1) is 25.2 Å². The lowest BCUT2D eigenvalue weighted by atomic mass is 10.1. The van der Waals surface area contributed by atoms with Crippen molar-refractivity contribution in [2.45, 2.75) is 23.9 Å². The van der Waals surface area contributed by atoms with Crippen LogP contribution in [0.3, 0.4) is 0 Å². The fraction of sp³-hybridized carbons (Fsp3) is 0.143. The lowest BCUT2D eigenvalue weighted by Crippen LogP contribution is -2.12. The number of pyridine rings is 1. The number of nitrogens with zero attached hydrogens (tertiary/aromatic N) is 5. The molecular formula is C21H17N5O2S2. The van der Waals surface area contributed by atoms with Crippen molar-refractivity contribution in [3.63, 3.8) is 0 Å². The minimum atomic E-state index is -3.89. The van der Waals surface area contributed by atoms with Gasteiger partial charge in [0.2, 0.25) is 0 Å². The normalized spacial score (nSPS) is 11.5. The summed E-state index contributed by atoms with van der Waals surface area (Å²) in [7, 11) is -3.89. The van der Waals surface area contributed by atoms with Crippen molar-refractivity contribution in [3.05, 3.63) is 65.6 Å². The molecule has 0 fully saturated rings. The van der Waals surface area contributed by atoms with Crippen molar-refractivity contribution in [1.29, 1.82) is 5.26 Å². The molecule has 3 aromatic heterocycles. The number of aromatic nitrogens is 4. The van der Waals surface area contributed by atoms with Crippen LogP contribution in [0.15, 0.2) is 59.0 Å². The molecule has 0 radical (unpaired) electrons. The number of nitriles is 1. The van der Waals surface area contributed by atoms with Crippen LogP contribution in [-0.2, 0) is 10.0 Å². The first-order chi connectivity index (χ1) is 14.3. The van der Waals surface area contributed by atoms with Gasteiger partial charge in [0.1, 0.15) is 6.07 Å². The molecule has 0 spiro atoms. The SMILES string of the molecule is CSc1ncc(C#N)c(-c2cn(S(=O)(=O)c3ccc(C)cc3)c3ncc(C)cc23)n1. The number of rotatable bonds is 4. The van der Waals surface area contributed by atoms with E-state index in [1.807, 2.05) is 26.2 Å². The summed E-state index contributed by atoms with van der Waals surface area (Å²) in [5.41, 5.74) is 3.28. The van der Waals surface area contributed by atoms with Gasteiger partial charge in [-0.1, -0.05) is 29.5 Å². The molecule has 3 heterocycles. The smallest absolute Gasteiger partial charge is 0.237 e. The number of hydrogen-bond acceptors (Lipinski definition) is 7. The van der Waals surface area contributed by atoms with E-state index in [2.05, 4.69) is 21.0 Å². The van der Waals surface area contributed by atoms with E-state index in [1.165, 1.54) is 24.2 Å². The summed E-state index contributed by atoms with van der Waals surface area (Å²) < 4.78 is 27.9. The zero-order valence-electron chi connectivity index (χ0n) is 16.5. The topological polar surface area (TPSA) is 102 Å². The Bertz CT molecular complexity index is 1420. The Kier molecular flexibility index (Phi) is 5.05. The number of thioether (sulfide) groups is 1. The molecule has 9 heteroatoms. The largest absolute Gasteiger partial charge is 0.269 e. The molecule has 0 atom stereocenters. The van der Waals surface area contributed by atoms with Crippen molar-refractivity contribution in [2.24, 2.45) is 0 Å². The Morgan fingerprint density at radius 3 is 2.47 bits per heavy atom. The van der Waals surface area contributed by atoms with Crippen LogP contribution in [0.2, 0.25) is 0 Å². The third-order valence-corrected chi connectivity index (χ3v) is 6.88. The summed E-state index contributed by atoms with van der Waals surface area (Å²) in [6, 6.07) is 10.6. The van der Waals surface area contributed by atoms with Crippen molar-refractivity contribution < 1.29 is 8.42 Å². The van der Waals surface area contributed by atoms with Crippen LogP contribution in [0.5, 0.6) is 0 Å². The Labute approximate surface area is 178 Å². The van der Waals surface area contributed by atoms with Gasteiger partial charge in [-0.25, -0.2) is 27.3 Å². The van der Waals surface area contributed by atoms with Gasteiger partial charge in [0.05, 0.1) is 16.2 Å². The highest BCUT2D eigenvalue weighted by atomic mass is 32.2. The van der Waals surface area contributed by atoms with Gasteiger partial charge in [-0.3, -0.25) is 0 Å². The number of aryl methyl sites for hydroxylation is 2. The van der Waals surface area contributed by atoms with Crippen LogP contribution >= 0.6 is 11.8 Å². The van der Waals surface area contributed by atoms with E-state index < -0.39 is 10.0 Å². The van der Waals surface area contributed by atoms with Crippen LogP contribution in [-0.4, -0.2) is 33.6 Å². The van der Waals surface area contributed by atoms with Gasteiger partial charge in [-0.05, 0) is 43.9 Å². The van der Waals surface area contributed by atoms with E-state index in [-0.39, 0.29) is 16.1 Å². The molecule has 0 bridgehead atoms. The van der Waals surface area contributed by atoms with Gasteiger partial charge in [0.25, 0.3) is 10.0 Å². The van der Waals surface area contributed by atoms with E-state index >= 15 is 0 Å². The molecule has 0 saturated heterocycles. The Morgan fingerprint density at radius 2 is 1.80 bits per heavy atom.